The number of benzene rings is 2. The molecule has 0 unspecified atom stereocenters. The molecule has 1 aliphatic rings. The second-order valence-corrected chi connectivity index (χ2v) is 7.94. The molecule has 0 fully saturated rings. The molecule has 0 saturated heterocycles. The van der Waals surface area contributed by atoms with Gasteiger partial charge in [0.1, 0.15) is 10.7 Å². The normalized spacial score (nSPS) is 13.7. The van der Waals surface area contributed by atoms with E-state index in [-0.39, 0.29) is 5.91 Å². The number of H-pyrrole nitrogens is 1. The van der Waals surface area contributed by atoms with E-state index in [9.17, 15) is 4.79 Å². The zero-order valence-corrected chi connectivity index (χ0v) is 16.0. The molecular formula is C21H16ClN3OS. The van der Waals surface area contributed by atoms with Gasteiger partial charge in [-0.15, -0.1) is 11.3 Å². The summed E-state index contributed by atoms with van der Waals surface area (Å²) in [4.78, 5) is 22.9. The predicted molar refractivity (Wildman–Crippen MR) is 109 cm³/mol. The van der Waals surface area contributed by atoms with E-state index < -0.39 is 0 Å². The molecule has 0 radical (unpaired) electrons. The molecule has 1 amide bonds. The fourth-order valence-corrected chi connectivity index (χ4v) is 4.52. The van der Waals surface area contributed by atoms with Gasteiger partial charge in [-0.1, -0.05) is 41.9 Å². The fraction of sp³-hybridized carbons (Fsp3) is 0.143. The van der Waals surface area contributed by atoms with Crippen molar-refractivity contribution in [2.75, 3.05) is 6.54 Å². The summed E-state index contributed by atoms with van der Waals surface area (Å²) in [5, 5.41) is 4.57. The highest BCUT2D eigenvalue weighted by Crippen LogP contribution is 2.30. The quantitative estimate of drug-likeness (QED) is 0.512. The Kier molecular flexibility index (Phi) is 3.99. The topological polar surface area (TPSA) is 49.0 Å². The van der Waals surface area contributed by atoms with Crippen LogP contribution in [-0.2, 0) is 13.0 Å². The highest BCUT2D eigenvalue weighted by atomic mass is 35.5. The molecule has 0 saturated carbocycles. The Morgan fingerprint density at radius 3 is 2.81 bits per heavy atom. The van der Waals surface area contributed by atoms with Crippen molar-refractivity contribution in [1.82, 2.24) is 14.9 Å². The van der Waals surface area contributed by atoms with E-state index in [2.05, 4.69) is 22.1 Å². The van der Waals surface area contributed by atoms with E-state index in [1.165, 1.54) is 28.0 Å². The van der Waals surface area contributed by atoms with Crippen LogP contribution in [-0.4, -0.2) is 27.3 Å². The Morgan fingerprint density at radius 2 is 1.96 bits per heavy atom. The van der Waals surface area contributed by atoms with Gasteiger partial charge in [0.05, 0.1) is 0 Å². The summed E-state index contributed by atoms with van der Waals surface area (Å²) >= 11 is 7.43. The second-order valence-electron chi connectivity index (χ2n) is 6.65. The number of carbonyl (C=O) groups is 1. The molecule has 2 aromatic carbocycles. The van der Waals surface area contributed by atoms with Gasteiger partial charge in [-0.05, 0) is 18.2 Å². The number of fused-ring (bicyclic) bond motifs is 3. The van der Waals surface area contributed by atoms with Crippen LogP contribution in [0.1, 0.15) is 21.7 Å². The number of rotatable bonds is 2. The van der Waals surface area contributed by atoms with E-state index in [1.54, 1.807) is 0 Å². The van der Waals surface area contributed by atoms with Crippen molar-refractivity contribution in [1.29, 1.82) is 0 Å². The van der Waals surface area contributed by atoms with Gasteiger partial charge in [0.25, 0.3) is 5.91 Å². The molecular weight excluding hydrogens is 378 g/mol. The van der Waals surface area contributed by atoms with E-state index in [1.807, 2.05) is 46.7 Å². The van der Waals surface area contributed by atoms with E-state index >= 15 is 0 Å². The average molecular weight is 394 g/mol. The first-order chi connectivity index (χ1) is 13.2. The number of aromatic nitrogens is 2. The Labute approximate surface area is 165 Å². The van der Waals surface area contributed by atoms with Gasteiger partial charge in [-0.25, -0.2) is 4.98 Å². The van der Waals surface area contributed by atoms with Crippen molar-refractivity contribution >= 4 is 39.7 Å². The van der Waals surface area contributed by atoms with Crippen LogP contribution in [0.2, 0.25) is 5.02 Å². The van der Waals surface area contributed by atoms with E-state index in [0.29, 0.717) is 23.8 Å². The zero-order chi connectivity index (χ0) is 18.4. The molecule has 134 valence electrons. The Hall–Kier alpha value is -2.63. The first kappa shape index (κ1) is 16.5. The van der Waals surface area contributed by atoms with Crippen LogP contribution < -0.4 is 0 Å². The Bertz CT molecular complexity index is 1150. The van der Waals surface area contributed by atoms with Crippen molar-refractivity contribution in [3.63, 3.8) is 0 Å². The van der Waals surface area contributed by atoms with Crippen molar-refractivity contribution in [2.45, 2.75) is 13.0 Å². The molecule has 0 atom stereocenters. The van der Waals surface area contributed by atoms with Crippen LogP contribution in [0.5, 0.6) is 0 Å². The van der Waals surface area contributed by atoms with Crippen LogP contribution in [0.25, 0.3) is 21.5 Å². The van der Waals surface area contributed by atoms with E-state index in [0.717, 1.165) is 22.5 Å². The third-order valence-electron chi connectivity index (χ3n) is 4.98. The lowest BCUT2D eigenvalue weighted by atomic mass is 10.0. The van der Waals surface area contributed by atoms with Gasteiger partial charge in [-0.3, -0.25) is 4.79 Å². The lowest BCUT2D eigenvalue weighted by molar-refractivity contribution is 0.0730. The molecule has 2 aromatic heterocycles. The Balaban J connectivity index is 1.41. The molecule has 6 heteroatoms. The maximum absolute atomic E-state index is 13.0. The van der Waals surface area contributed by atoms with Crippen LogP contribution in [0.15, 0.2) is 53.9 Å². The minimum atomic E-state index is -0.0117. The van der Waals surface area contributed by atoms with Crippen LogP contribution in [0, 0.1) is 0 Å². The number of thiazole rings is 1. The van der Waals surface area contributed by atoms with Gasteiger partial charge < -0.3 is 9.88 Å². The largest absolute Gasteiger partial charge is 0.358 e. The maximum atomic E-state index is 13.0. The molecule has 3 heterocycles. The monoisotopic (exact) mass is 393 g/mol. The number of hydrogen-bond donors (Lipinski definition) is 1. The van der Waals surface area contributed by atoms with Gasteiger partial charge in [-0.2, -0.15) is 0 Å². The van der Waals surface area contributed by atoms with Crippen molar-refractivity contribution < 1.29 is 4.79 Å². The zero-order valence-electron chi connectivity index (χ0n) is 14.4. The molecule has 1 N–H and O–H groups in total. The van der Waals surface area contributed by atoms with Gasteiger partial charge in [0.15, 0.2) is 0 Å². The second kappa shape index (κ2) is 6.51. The third kappa shape index (κ3) is 2.93. The molecule has 4 aromatic rings. The summed E-state index contributed by atoms with van der Waals surface area (Å²) in [6.45, 7) is 1.32. The number of hydrogen-bond acceptors (Lipinski definition) is 3. The smallest absolute Gasteiger partial charge is 0.273 e. The summed E-state index contributed by atoms with van der Waals surface area (Å²) in [6, 6.07) is 15.8. The third-order valence-corrected chi connectivity index (χ3v) is 6.13. The number of halogens is 1. The first-order valence-electron chi connectivity index (χ1n) is 8.78. The number of para-hydroxylation sites is 1. The number of aromatic amines is 1. The number of nitrogens with one attached hydrogen (secondary N) is 1. The van der Waals surface area contributed by atoms with Crippen molar-refractivity contribution in [2.24, 2.45) is 0 Å². The van der Waals surface area contributed by atoms with E-state index in [4.69, 9.17) is 11.6 Å². The van der Waals surface area contributed by atoms with Crippen LogP contribution in [0.3, 0.4) is 0 Å². The van der Waals surface area contributed by atoms with Crippen molar-refractivity contribution in [3.05, 3.63) is 75.9 Å². The molecule has 0 aliphatic carbocycles. The maximum Gasteiger partial charge on any atom is 0.273 e. The fourth-order valence-electron chi connectivity index (χ4n) is 3.60. The lowest BCUT2D eigenvalue weighted by Crippen LogP contribution is -2.36. The average Bonchev–Trinajstić information content (AvgIpc) is 3.32. The lowest BCUT2D eigenvalue weighted by Gasteiger charge is -2.26. The molecule has 4 nitrogen and oxygen atoms in total. The van der Waals surface area contributed by atoms with Crippen molar-refractivity contribution in [3.8, 4) is 10.6 Å². The molecule has 1 aliphatic heterocycles. The molecule has 27 heavy (non-hydrogen) atoms. The first-order valence-corrected chi connectivity index (χ1v) is 10.0. The summed E-state index contributed by atoms with van der Waals surface area (Å²) in [5.41, 5.74) is 5.07. The number of carbonyl (C=O) groups excluding carboxylic acids is 1. The highest BCUT2D eigenvalue weighted by Gasteiger charge is 2.26. The Morgan fingerprint density at radius 1 is 1.15 bits per heavy atom. The minimum Gasteiger partial charge on any atom is -0.358 e. The van der Waals surface area contributed by atoms with Gasteiger partial charge >= 0.3 is 0 Å². The highest BCUT2D eigenvalue weighted by molar-refractivity contribution is 7.13. The summed E-state index contributed by atoms with van der Waals surface area (Å²) in [6.07, 6.45) is 0.837. The number of amides is 1. The number of nitrogens with zero attached hydrogens (tertiary/aromatic N) is 2. The molecule has 5 rings (SSSR count). The molecule has 0 bridgehead atoms. The summed E-state index contributed by atoms with van der Waals surface area (Å²) in [5.74, 6) is -0.0117. The molecule has 0 spiro atoms. The van der Waals surface area contributed by atoms with Crippen LogP contribution in [0.4, 0.5) is 0 Å². The van der Waals surface area contributed by atoms with Gasteiger partial charge in [0, 0.05) is 57.6 Å². The van der Waals surface area contributed by atoms with Gasteiger partial charge in [0.2, 0.25) is 0 Å². The standard InChI is InChI=1S/C21H16ClN3OS/c22-14-7-5-13(6-8-14)20-24-19(12-27-20)21(26)25-10-9-18-16(11-25)15-3-1-2-4-17(15)23-18/h1-8,12,23H,9-11H2. The van der Waals surface area contributed by atoms with Crippen LogP contribution >= 0.6 is 22.9 Å². The predicted octanol–water partition coefficient (Wildman–Crippen LogP) is 5.14. The summed E-state index contributed by atoms with van der Waals surface area (Å²) in [7, 11) is 0. The summed E-state index contributed by atoms with van der Waals surface area (Å²) < 4.78 is 0. The SMILES string of the molecule is O=C(c1csc(-c2ccc(Cl)cc2)n1)N1CCc2[nH]c3ccccc3c2C1. The minimum absolute atomic E-state index is 0.0117.